The number of nitro groups is 1. The van der Waals surface area contributed by atoms with Crippen LogP contribution in [0.15, 0.2) is 48.5 Å². The van der Waals surface area contributed by atoms with Gasteiger partial charge in [0.1, 0.15) is 0 Å². The first kappa shape index (κ1) is 20.0. The second-order valence-electron chi connectivity index (χ2n) is 6.41. The summed E-state index contributed by atoms with van der Waals surface area (Å²) < 4.78 is 0. The van der Waals surface area contributed by atoms with Crippen LogP contribution in [0.2, 0.25) is 0 Å². The maximum absolute atomic E-state index is 12.4. The lowest BCUT2D eigenvalue weighted by Crippen LogP contribution is -2.41. The number of para-hydroxylation sites is 1. The van der Waals surface area contributed by atoms with Crippen LogP contribution in [0.1, 0.15) is 34.1 Å². The highest BCUT2D eigenvalue weighted by Gasteiger charge is 2.36. The van der Waals surface area contributed by atoms with Crippen molar-refractivity contribution in [3.63, 3.8) is 0 Å². The Bertz CT molecular complexity index is 961. The maximum Gasteiger partial charge on any atom is 0.321 e. The van der Waals surface area contributed by atoms with Crippen molar-refractivity contribution < 1.29 is 19.3 Å². The SMILES string of the molecule is CCN(C(=O)NCCCN1C(=O)c2ccc([N+](=O)[O-])cc2C1=O)c1ccccc1. The van der Waals surface area contributed by atoms with Crippen molar-refractivity contribution in [3.05, 3.63) is 69.8 Å². The molecule has 1 aliphatic rings. The first-order valence-electron chi connectivity index (χ1n) is 9.19. The minimum atomic E-state index is -0.609. The first-order valence-corrected chi connectivity index (χ1v) is 9.19. The summed E-state index contributed by atoms with van der Waals surface area (Å²) in [5, 5.41) is 13.7. The smallest absolute Gasteiger partial charge is 0.321 e. The summed E-state index contributed by atoms with van der Waals surface area (Å²) in [6, 6.07) is 12.6. The van der Waals surface area contributed by atoms with Gasteiger partial charge in [-0.05, 0) is 31.5 Å². The fourth-order valence-electron chi connectivity index (χ4n) is 3.17. The number of amides is 4. The number of fused-ring (bicyclic) bond motifs is 1. The van der Waals surface area contributed by atoms with Crippen LogP contribution in [-0.4, -0.2) is 47.3 Å². The van der Waals surface area contributed by atoms with Crippen molar-refractivity contribution in [1.29, 1.82) is 0 Å². The van der Waals surface area contributed by atoms with Crippen LogP contribution >= 0.6 is 0 Å². The molecule has 0 unspecified atom stereocenters. The fourth-order valence-corrected chi connectivity index (χ4v) is 3.17. The van der Waals surface area contributed by atoms with Crippen molar-refractivity contribution in [2.24, 2.45) is 0 Å². The second-order valence-corrected chi connectivity index (χ2v) is 6.41. The highest BCUT2D eigenvalue weighted by Crippen LogP contribution is 2.26. The van der Waals surface area contributed by atoms with E-state index in [1.807, 2.05) is 37.3 Å². The van der Waals surface area contributed by atoms with Crippen LogP contribution in [0.4, 0.5) is 16.2 Å². The van der Waals surface area contributed by atoms with Gasteiger partial charge in [-0.3, -0.25) is 29.5 Å². The molecule has 2 aromatic carbocycles. The van der Waals surface area contributed by atoms with E-state index in [1.54, 1.807) is 4.90 Å². The fraction of sp³-hybridized carbons (Fsp3) is 0.250. The van der Waals surface area contributed by atoms with E-state index in [-0.39, 0.29) is 35.9 Å². The molecule has 0 saturated heterocycles. The second kappa shape index (κ2) is 8.51. The van der Waals surface area contributed by atoms with Gasteiger partial charge in [0.15, 0.2) is 0 Å². The third-order valence-electron chi connectivity index (χ3n) is 4.63. The van der Waals surface area contributed by atoms with Gasteiger partial charge in [-0.15, -0.1) is 0 Å². The highest BCUT2D eigenvalue weighted by molar-refractivity contribution is 6.21. The topological polar surface area (TPSA) is 113 Å². The number of rotatable bonds is 7. The molecule has 4 amide bonds. The molecule has 9 heteroatoms. The number of nitro benzene ring substituents is 1. The Kier molecular flexibility index (Phi) is 5.87. The third kappa shape index (κ3) is 4.08. The van der Waals surface area contributed by atoms with Gasteiger partial charge in [0, 0.05) is 37.5 Å². The lowest BCUT2D eigenvalue weighted by Gasteiger charge is -2.22. The number of carbonyl (C=O) groups excluding carboxylic acids is 3. The van der Waals surface area contributed by atoms with Crippen LogP contribution in [0, 0.1) is 10.1 Å². The highest BCUT2D eigenvalue weighted by atomic mass is 16.6. The molecule has 0 bridgehead atoms. The van der Waals surface area contributed by atoms with E-state index in [1.165, 1.54) is 12.1 Å². The molecular formula is C20H20N4O5. The van der Waals surface area contributed by atoms with Gasteiger partial charge in [0.25, 0.3) is 17.5 Å². The third-order valence-corrected chi connectivity index (χ3v) is 4.63. The Morgan fingerprint density at radius 3 is 2.45 bits per heavy atom. The van der Waals surface area contributed by atoms with Gasteiger partial charge in [-0.2, -0.15) is 0 Å². The van der Waals surface area contributed by atoms with Crippen molar-refractivity contribution >= 4 is 29.2 Å². The summed E-state index contributed by atoms with van der Waals surface area (Å²) in [4.78, 5) is 50.1. The van der Waals surface area contributed by atoms with Crippen LogP contribution in [0.3, 0.4) is 0 Å². The lowest BCUT2D eigenvalue weighted by atomic mass is 10.1. The molecule has 0 aliphatic carbocycles. The molecule has 1 N–H and O–H groups in total. The number of imide groups is 1. The summed E-state index contributed by atoms with van der Waals surface area (Å²) in [5.41, 5.74) is 0.731. The molecular weight excluding hydrogens is 376 g/mol. The molecule has 0 aromatic heterocycles. The number of nitrogens with one attached hydrogen (secondary N) is 1. The molecule has 3 rings (SSSR count). The van der Waals surface area contributed by atoms with E-state index in [4.69, 9.17) is 0 Å². The number of nitrogens with zero attached hydrogens (tertiary/aromatic N) is 3. The van der Waals surface area contributed by atoms with E-state index in [9.17, 15) is 24.5 Å². The Balaban J connectivity index is 1.55. The first-order chi connectivity index (χ1) is 13.9. The summed E-state index contributed by atoms with van der Waals surface area (Å²) in [6.07, 6.45) is 0.367. The van der Waals surface area contributed by atoms with Crippen molar-refractivity contribution in [2.45, 2.75) is 13.3 Å². The van der Waals surface area contributed by atoms with E-state index in [0.29, 0.717) is 13.0 Å². The number of benzene rings is 2. The summed E-state index contributed by atoms with van der Waals surface area (Å²) in [5.74, 6) is -1.04. The lowest BCUT2D eigenvalue weighted by molar-refractivity contribution is -0.384. The predicted molar refractivity (Wildman–Crippen MR) is 106 cm³/mol. The molecule has 0 spiro atoms. The average Bonchev–Trinajstić information content (AvgIpc) is 2.96. The largest absolute Gasteiger partial charge is 0.338 e. The number of anilines is 1. The molecule has 150 valence electrons. The molecule has 1 aliphatic heterocycles. The van der Waals surface area contributed by atoms with Gasteiger partial charge in [-0.1, -0.05) is 18.2 Å². The Morgan fingerprint density at radius 1 is 1.10 bits per heavy atom. The van der Waals surface area contributed by atoms with Gasteiger partial charge in [-0.25, -0.2) is 4.79 Å². The Morgan fingerprint density at radius 2 is 1.79 bits per heavy atom. The monoisotopic (exact) mass is 396 g/mol. The predicted octanol–water partition coefficient (Wildman–Crippen LogP) is 2.82. The van der Waals surface area contributed by atoms with Crippen molar-refractivity contribution in [2.75, 3.05) is 24.5 Å². The van der Waals surface area contributed by atoms with Gasteiger partial charge in [0.2, 0.25) is 0 Å². The molecule has 0 radical (unpaired) electrons. The molecule has 9 nitrogen and oxygen atoms in total. The van der Waals surface area contributed by atoms with Gasteiger partial charge in [0.05, 0.1) is 16.1 Å². The van der Waals surface area contributed by atoms with Gasteiger partial charge >= 0.3 is 6.03 Å². The molecule has 1 heterocycles. The average molecular weight is 396 g/mol. The minimum absolute atomic E-state index is 0.0365. The number of hydrogen-bond acceptors (Lipinski definition) is 5. The molecule has 0 fully saturated rings. The van der Waals surface area contributed by atoms with E-state index in [2.05, 4.69) is 5.32 Å². The Hall–Kier alpha value is -3.75. The number of carbonyl (C=O) groups is 3. The van der Waals surface area contributed by atoms with Crippen LogP contribution in [-0.2, 0) is 0 Å². The van der Waals surface area contributed by atoms with Crippen molar-refractivity contribution in [1.82, 2.24) is 10.2 Å². The quantitative estimate of drug-likeness (QED) is 0.335. The number of hydrogen-bond donors (Lipinski definition) is 1. The van der Waals surface area contributed by atoms with Crippen LogP contribution in [0.5, 0.6) is 0 Å². The van der Waals surface area contributed by atoms with E-state index < -0.39 is 16.7 Å². The summed E-state index contributed by atoms with van der Waals surface area (Å²) in [6.45, 7) is 2.74. The molecule has 0 saturated carbocycles. The van der Waals surface area contributed by atoms with E-state index >= 15 is 0 Å². The van der Waals surface area contributed by atoms with Crippen LogP contribution < -0.4 is 10.2 Å². The van der Waals surface area contributed by atoms with E-state index in [0.717, 1.165) is 16.7 Å². The van der Waals surface area contributed by atoms with Crippen LogP contribution in [0.25, 0.3) is 0 Å². The number of urea groups is 1. The molecule has 29 heavy (non-hydrogen) atoms. The van der Waals surface area contributed by atoms with Gasteiger partial charge < -0.3 is 5.32 Å². The molecule has 0 atom stereocenters. The Labute approximate surface area is 167 Å². The standard InChI is InChI=1S/C20H20N4O5/c1-2-22(14-7-4-3-5-8-14)20(27)21-11-6-12-23-18(25)16-10-9-15(24(28)29)13-17(16)19(23)26/h3-5,7-10,13H,2,6,11-12H2,1H3,(H,21,27). The number of non-ortho nitro benzene ring substituents is 1. The molecule has 2 aromatic rings. The zero-order chi connectivity index (χ0) is 21.0. The van der Waals surface area contributed by atoms with Crippen molar-refractivity contribution in [3.8, 4) is 0 Å². The summed E-state index contributed by atoms with van der Waals surface area (Å²) in [7, 11) is 0. The normalized spacial score (nSPS) is 12.7. The summed E-state index contributed by atoms with van der Waals surface area (Å²) >= 11 is 0. The zero-order valence-electron chi connectivity index (χ0n) is 15.8. The minimum Gasteiger partial charge on any atom is -0.338 e. The zero-order valence-corrected chi connectivity index (χ0v) is 15.8. The maximum atomic E-state index is 12.4.